The number of benzene rings is 1. The van der Waals surface area contributed by atoms with Gasteiger partial charge in [0.25, 0.3) is 0 Å². The van der Waals surface area contributed by atoms with Gasteiger partial charge in [-0.2, -0.15) is 0 Å². The third kappa shape index (κ3) is 6.55. The Labute approximate surface area is 125 Å². The van der Waals surface area contributed by atoms with Crippen molar-refractivity contribution in [3.05, 3.63) is 35.9 Å². The fourth-order valence-electron chi connectivity index (χ4n) is 1.54. The second kappa shape index (κ2) is 9.56. The molecule has 0 heterocycles. The number of ether oxygens (including phenoxy) is 1. The van der Waals surface area contributed by atoms with Gasteiger partial charge in [0.15, 0.2) is 0 Å². The molecule has 1 unspecified atom stereocenters. The maximum Gasteiger partial charge on any atom is 0.319 e. The standard InChI is InChI=1S/C14H18Br2O2/c15-10-5-4-8-13(16)14(17)18-11-9-12-6-2-1-3-7-12/h1-3,6-7,13H,4-5,8-11H2. The number of hydrogen-bond acceptors (Lipinski definition) is 2. The van der Waals surface area contributed by atoms with E-state index in [2.05, 4.69) is 31.9 Å². The van der Waals surface area contributed by atoms with E-state index in [1.54, 1.807) is 0 Å². The summed E-state index contributed by atoms with van der Waals surface area (Å²) >= 11 is 6.74. The summed E-state index contributed by atoms with van der Waals surface area (Å²) in [4.78, 5) is 11.5. The van der Waals surface area contributed by atoms with Gasteiger partial charge in [0.2, 0.25) is 0 Å². The summed E-state index contributed by atoms with van der Waals surface area (Å²) in [6, 6.07) is 10.0. The van der Waals surface area contributed by atoms with Crippen LogP contribution in [-0.2, 0) is 16.0 Å². The second-order valence-electron chi connectivity index (χ2n) is 4.06. The molecule has 100 valence electrons. The Morgan fingerprint density at radius 2 is 1.94 bits per heavy atom. The van der Waals surface area contributed by atoms with E-state index >= 15 is 0 Å². The number of hydrogen-bond donors (Lipinski definition) is 0. The lowest BCUT2D eigenvalue weighted by Gasteiger charge is -2.09. The molecule has 0 aromatic heterocycles. The normalized spacial score (nSPS) is 12.1. The lowest BCUT2D eigenvalue weighted by atomic mass is 10.2. The van der Waals surface area contributed by atoms with Crippen molar-refractivity contribution < 1.29 is 9.53 Å². The van der Waals surface area contributed by atoms with Gasteiger partial charge in [-0.1, -0.05) is 68.6 Å². The van der Waals surface area contributed by atoms with Crippen LogP contribution in [0.2, 0.25) is 0 Å². The molecule has 0 amide bonds. The Balaban J connectivity index is 2.16. The molecule has 0 aliphatic carbocycles. The number of carbonyl (C=O) groups is 1. The number of rotatable bonds is 8. The van der Waals surface area contributed by atoms with Crippen LogP contribution in [0.15, 0.2) is 30.3 Å². The van der Waals surface area contributed by atoms with Crippen molar-refractivity contribution in [2.24, 2.45) is 0 Å². The first-order valence-electron chi connectivity index (χ1n) is 6.14. The third-order valence-electron chi connectivity index (χ3n) is 2.57. The van der Waals surface area contributed by atoms with Gasteiger partial charge >= 0.3 is 5.97 Å². The van der Waals surface area contributed by atoms with Gasteiger partial charge in [0, 0.05) is 11.8 Å². The highest BCUT2D eigenvalue weighted by Gasteiger charge is 2.15. The Bertz CT molecular complexity index is 341. The zero-order valence-electron chi connectivity index (χ0n) is 10.3. The molecule has 1 atom stereocenters. The van der Waals surface area contributed by atoms with E-state index in [0.29, 0.717) is 6.61 Å². The predicted octanol–water partition coefficient (Wildman–Crippen LogP) is 4.10. The number of unbranched alkanes of at least 4 members (excludes halogenated alkanes) is 1. The van der Waals surface area contributed by atoms with Crippen LogP contribution in [0, 0.1) is 0 Å². The molecular formula is C14H18Br2O2. The zero-order chi connectivity index (χ0) is 13.2. The molecular weight excluding hydrogens is 360 g/mol. The van der Waals surface area contributed by atoms with Crippen molar-refractivity contribution in [1.82, 2.24) is 0 Å². The van der Waals surface area contributed by atoms with E-state index in [0.717, 1.165) is 31.0 Å². The first-order chi connectivity index (χ1) is 8.74. The van der Waals surface area contributed by atoms with Crippen LogP contribution >= 0.6 is 31.9 Å². The minimum Gasteiger partial charge on any atom is -0.465 e. The highest BCUT2D eigenvalue weighted by Crippen LogP contribution is 2.12. The second-order valence-corrected chi connectivity index (χ2v) is 5.95. The fraction of sp³-hybridized carbons (Fsp3) is 0.500. The Morgan fingerprint density at radius 3 is 2.61 bits per heavy atom. The number of esters is 1. The van der Waals surface area contributed by atoms with Crippen LogP contribution in [0.3, 0.4) is 0 Å². The molecule has 0 saturated carbocycles. The zero-order valence-corrected chi connectivity index (χ0v) is 13.5. The monoisotopic (exact) mass is 376 g/mol. The van der Waals surface area contributed by atoms with Gasteiger partial charge in [0.1, 0.15) is 4.83 Å². The van der Waals surface area contributed by atoms with Gasteiger partial charge in [-0.25, -0.2) is 0 Å². The number of alkyl halides is 2. The summed E-state index contributed by atoms with van der Waals surface area (Å²) in [6.45, 7) is 0.448. The summed E-state index contributed by atoms with van der Waals surface area (Å²) in [5, 5.41) is 0.982. The van der Waals surface area contributed by atoms with E-state index in [1.165, 1.54) is 5.56 Å². The topological polar surface area (TPSA) is 26.3 Å². The quantitative estimate of drug-likeness (QED) is 0.387. The molecule has 0 aliphatic heterocycles. The van der Waals surface area contributed by atoms with Crippen LogP contribution in [0.1, 0.15) is 24.8 Å². The van der Waals surface area contributed by atoms with Crippen molar-refractivity contribution in [3.63, 3.8) is 0 Å². The Hall–Kier alpha value is -0.350. The third-order valence-corrected chi connectivity index (χ3v) is 3.97. The van der Waals surface area contributed by atoms with Crippen LogP contribution in [0.25, 0.3) is 0 Å². The van der Waals surface area contributed by atoms with Crippen molar-refractivity contribution in [3.8, 4) is 0 Å². The van der Waals surface area contributed by atoms with Crippen LogP contribution in [0.4, 0.5) is 0 Å². The van der Waals surface area contributed by atoms with E-state index in [1.807, 2.05) is 30.3 Å². The Kier molecular flexibility index (Phi) is 8.34. The molecule has 18 heavy (non-hydrogen) atoms. The van der Waals surface area contributed by atoms with E-state index < -0.39 is 0 Å². The van der Waals surface area contributed by atoms with Gasteiger partial charge < -0.3 is 4.74 Å². The highest BCUT2D eigenvalue weighted by atomic mass is 79.9. The summed E-state index contributed by atoms with van der Waals surface area (Å²) < 4.78 is 5.24. The van der Waals surface area contributed by atoms with E-state index in [4.69, 9.17) is 4.74 Å². The van der Waals surface area contributed by atoms with Gasteiger partial charge in [-0.05, 0) is 18.4 Å². The summed E-state index contributed by atoms with van der Waals surface area (Å²) in [5.41, 5.74) is 1.19. The maximum atomic E-state index is 11.6. The molecule has 2 nitrogen and oxygen atoms in total. The minimum absolute atomic E-state index is 0.152. The minimum atomic E-state index is -0.174. The molecule has 0 radical (unpaired) electrons. The molecule has 0 fully saturated rings. The molecule has 1 aromatic rings. The van der Waals surface area contributed by atoms with Crippen molar-refractivity contribution in [2.75, 3.05) is 11.9 Å². The van der Waals surface area contributed by atoms with Gasteiger partial charge in [-0.3, -0.25) is 4.79 Å². The van der Waals surface area contributed by atoms with Crippen LogP contribution in [0.5, 0.6) is 0 Å². The van der Waals surface area contributed by atoms with E-state index in [-0.39, 0.29) is 10.8 Å². The van der Waals surface area contributed by atoms with E-state index in [9.17, 15) is 4.79 Å². The average molecular weight is 378 g/mol. The number of halogens is 2. The van der Waals surface area contributed by atoms with Crippen molar-refractivity contribution in [2.45, 2.75) is 30.5 Å². The Morgan fingerprint density at radius 1 is 1.22 bits per heavy atom. The molecule has 1 rings (SSSR count). The fourth-order valence-corrected chi connectivity index (χ4v) is 2.39. The number of carbonyl (C=O) groups excluding carboxylic acids is 1. The summed E-state index contributed by atoms with van der Waals surface area (Å²) in [7, 11) is 0. The highest BCUT2D eigenvalue weighted by molar-refractivity contribution is 9.10. The average Bonchev–Trinajstić information content (AvgIpc) is 2.40. The largest absolute Gasteiger partial charge is 0.465 e. The summed E-state index contributed by atoms with van der Waals surface area (Å²) in [6.07, 6.45) is 3.71. The van der Waals surface area contributed by atoms with Gasteiger partial charge in [0.05, 0.1) is 6.61 Å². The molecule has 0 N–H and O–H groups in total. The first-order valence-corrected chi connectivity index (χ1v) is 8.18. The predicted molar refractivity (Wildman–Crippen MR) is 81.5 cm³/mol. The van der Waals surface area contributed by atoms with Gasteiger partial charge in [-0.15, -0.1) is 0 Å². The summed E-state index contributed by atoms with van der Waals surface area (Å²) in [5.74, 6) is -0.152. The maximum absolute atomic E-state index is 11.6. The van der Waals surface area contributed by atoms with Crippen LogP contribution < -0.4 is 0 Å². The molecule has 0 spiro atoms. The smallest absolute Gasteiger partial charge is 0.319 e. The van der Waals surface area contributed by atoms with Crippen molar-refractivity contribution in [1.29, 1.82) is 0 Å². The first kappa shape index (κ1) is 15.7. The molecule has 0 aliphatic rings. The molecule has 0 saturated heterocycles. The lowest BCUT2D eigenvalue weighted by molar-refractivity contribution is -0.142. The molecule has 0 bridgehead atoms. The molecule has 1 aromatic carbocycles. The lowest BCUT2D eigenvalue weighted by Crippen LogP contribution is -2.18. The SMILES string of the molecule is O=C(OCCc1ccccc1)C(Br)CCCCBr. The molecule has 4 heteroatoms. The van der Waals surface area contributed by atoms with Crippen LogP contribution in [-0.4, -0.2) is 22.7 Å². The van der Waals surface area contributed by atoms with Crippen molar-refractivity contribution >= 4 is 37.8 Å².